The summed E-state index contributed by atoms with van der Waals surface area (Å²) in [4.78, 5) is 1.96. The third-order valence-electron chi connectivity index (χ3n) is 2.42. The van der Waals surface area contributed by atoms with Gasteiger partial charge in [-0.25, -0.2) is 13.1 Å². The molecule has 0 amide bonds. The summed E-state index contributed by atoms with van der Waals surface area (Å²) in [7, 11) is 1.82. The van der Waals surface area contributed by atoms with Crippen molar-refractivity contribution in [1.29, 1.82) is 0 Å². The molecule has 1 aromatic rings. The monoisotopic (exact) mass is 261 g/mol. The molecule has 0 fully saturated rings. The summed E-state index contributed by atoms with van der Waals surface area (Å²) in [5.41, 5.74) is 6.13. The molecule has 0 aromatic carbocycles. The van der Waals surface area contributed by atoms with Crippen LogP contribution in [0.2, 0.25) is 0 Å². The first kappa shape index (κ1) is 13.9. The van der Waals surface area contributed by atoms with Gasteiger partial charge in [0.05, 0.1) is 5.69 Å². The molecule has 0 atom stereocenters. The second-order valence-electron chi connectivity index (χ2n) is 4.12. The average molecular weight is 261 g/mol. The third kappa shape index (κ3) is 3.18. The van der Waals surface area contributed by atoms with Crippen LogP contribution in [0, 0.1) is 6.92 Å². The fraction of sp³-hybridized carbons (Fsp3) is 0.667. The second-order valence-corrected chi connectivity index (χ2v) is 5.83. The summed E-state index contributed by atoms with van der Waals surface area (Å²) in [6, 6.07) is 0. The van der Waals surface area contributed by atoms with Crippen molar-refractivity contribution in [3.8, 4) is 0 Å². The fourth-order valence-electron chi connectivity index (χ4n) is 1.42. The summed E-state index contributed by atoms with van der Waals surface area (Å²) in [5.74, 6) is 0.0300. The van der Waals surface area contributed by atoms with Crippen LogP contribution in [0.3, 0.4) is 0 Å². The van der Waals surface area contributed by atoms with E-state index in [0.29, 0.717) is 18.8 Å². The minimum absolute atomic E-state index is 0.0300. The van der Waals surface area contributed by atoms with E-state index in [1.54, 1.807) is 14.0 Å². The molecule has 0 aliphatic heterocycles. The predicted octanol–water partition coefficient (Wildman–Crippen LogP) is -0.849. The van der Waals surface area contributed by atoms with Crippen molar-refractivity contribution >= 4 is 15.8 Å². The van der Waals surface area contributed by atoms with Crippen LogP contribution in [0.25, 0.3) is 0 Å². The van der Waals surface area contributed by atoms with E-state index in [4.69, 9.17) is 5.73 Å². The van der Waals surface area contributed by atoms with Crippen LogP contribution >= 0.6 is 0 Å². The Morgan fingerprint density at radius 3 is 2.47 bits per heavy atom. The van der Waals surface area contributed by atoms with E-state index in [1.807, 2.05) is 19.0 Å². The number of nitrogens with two attached hydrogens (primary N) is 1. The number of nitrogens with one attached hydrogen (secondary N) is 1. The van der Waals surface area contributed by atoms with Crippen molar-refractivity contribution in [3.63, 3.8) is 0 Å². The van der Waals surface area contributed by atoms with E-state index in [-0.39, 0.29) is 10.7 Å². The number of aryl methyl sites for hydroxylation is 1. The average Bonchev–Trinajstić information content (AvgIpc) is 2.40. The van der Waals surface area contributed by atoms with Gasteiger partial charge in [0, 0.05) is 20.1 Å². The van der Waals surface area contributed by atoms with E-state index in [9.17, 15) is 8.42 Å². The molecule has 8 heteroatoms. The van der Waals surface area contributed by atoms with Gasteiger partial charge >= 0.3 is 0 Å². The minimum atomic E-state index is -3.58. The highest BCUT2D eigenvalue weighted by Crippen LogP contribution is 2.20. The molecule has 7 nitrogen and oxygen atoms in total. The summed E-state index contributed by atoms with van der Waals surface area (Å²) >= 11 is 0. The maximum atomic E-state index is 12.0. The SMILES string of the molecule is Cc1c(S(=O)(=O)NCCN(C)C)c(N)nn1C. The number of rotatable bonds is 5. The van der Waals surface area contributed by atoms with Gasteiger partial charge in [-0.15, -0.1) is 0 Å². The van der Waals surface area contributed by atoms with E-state index >= 15 is 0 Å². The first-order valence-corrected chi connectivity index (χ1v) is 6.67. The van der Waals surface area contributed by atoms with E-state index in [0.717, 1.165) is 0 Å². The lowest BCUT2D eigenvalue weighted by atomic mass is 10.5. The molecule has 1 aromatic heterocycles. The van der Waals surface area contributed by atoms with Crippen molar-refractivity contribution in [2.75, 3.05) is 32.9 Å². The number of hydrogen-bond acceptors (Lipinski definition) is 5. The Morgan fingerprint density at radius 1 is 1.47 bits per heavy atom. The van der Waals surface area contributed by atoms with Crippen LogP contribution in [-0.2, 0) is 17.1 Å². The van der Waals surface area contributed by atoms with Gasteiger partial charge in [-0.1, -0.05) is 0 Å². The largest absolute Gasteiger partial charge is 0.381 e. The number of nitrogen functional groups attached to an aromatic ring is 1. The van der Waals surface area contributed by atoms with Gasteiger partial charge in [-0.2, -0.15) is 5.10 Å². The van der Waals surface area contributed by atoms with Gasteiger partial charge in [0.15, 0.2) is 5.82 Å². The molecule has 0 radical (unpaired) electrons. The van der Waals surface area contributed by atoms with Crippen LogP contribution in [0.5, 0.6) is 0 Å². The molecule has 0 spiro atoms. The van der Waals surface area contributed by atoms with E-state index < -0.39 is 10.0 Å². The van der Waals surface area contributed by atoms with Gasteiger partial charge in [0.1, 0.15) is 4.90 Å². The molecule has 1 heterocycles. The molecule has 1 rings (SSSR count). The molecule has 0 unspecified atom stereocenters. The molecule has 0 saturated carbocycles. The molecule has 0 aliphatic rings. The maximum absolute atomic E-state index is 12.0. The summed E-state index contributed by atoms with van der Waals surface area (Å²) in [6.07, 6.45) is 0. The Morgan fingerprint density at radius 2 is 2.06 bits per heavy atom. The Bertz CT molecular complexity index is 492. The summed E-state index contributed by atoms with van der Waals surface area (Å²) in [5, 5.41) is 3.88. The number of anilines is 1. The molecule has 0 aliphatic carbocycles. The van der Waals surface area contributed by atoms with Gasteiger partial charge in [0.25, 0.3) is 0 Å². The number of sulfonamides is 1. The highest BCUT2D eigenvalue weighted by molar-refractivity contribution is 7.89. The molecule has 17 heavy (non-hydrogen) atoms. The normalized spacial score (nSPS) is 12.3. The van der Waals surface area contributed by atoms with Crippen molar-refractivity contribution in [2.45, 2.75) is 11.8 Å². The smallest absolute Gasteiger partial charge is 0.246 e. The lowest BCUT2D eigenvalue weighted by molar-refractivity contribution is 0.412. The standard InChI is InChI=1S/C9H19N5O2S/c1-7-8(9(10)12-14(7)4)17(15,16)11-5-6-13(2)3/h11H,5-6H2,1-4H3,(H2,10,12). The molecular weight excluding hydrogens is 242 g/mol. The van der Waals surface area contributed by atoms with Crippen LogP contribution in [0.4, 0.5) is 5.82 Å². The highest BCUT2D eigenvalue weighted by Gasteiger charge is 2.23. The zero-order chi connectivity index (χ0) is 13.2. The van der Waals surface area contributed by atoms with Crippen LogP contribution in [0.15, 0.2) is 4.90 Å². The molecule has 0 bridgehead atoms. The van der Waals surface area contributed by atoms with Crippen LogP contribution in [0.1, 0.15) is 5.69 Å². The number of likely N-dealkylation sites (N-methyl/N-ethyl adjacent to an activating group) is 1. The third-order valence-corrected chi connectivity index (χ3v) is 4.05. The van der Waals surface area contributed by atoms with Crippen molar-refractivity contribution in [3.05, 3.63) is 5.69 Å². The molecule has 3 N–H and O–H groups in total. The van der Waals surface area contributed by atoms with Crippen molar-refractivity contribution < 1.29 is 8.42 Å². The van der Waals surface area contributed by atoms with E-state index in [2.05, 4.69) is 9.82 Å². The minimum Gasteiger partial charge on any atom is -0.381 e. The summed E-state index contributed by atoms with van der Waals surface area (Å²) < 4.78 is 28.0. The van der Waals surface area contributed by atoms with Gasteiger partial charge in [-0.3, -0.25) is 4.68 Å². The molecule has 0 saturated heterocycles. The van der Waals surface area contributed by atoms with Crippen LogP contribution in [-0.4, -0.2) is 50.3 Å². The van der Waals surface area contributed by atoms with Gasteiger partial charge in [0.2, 0.25) is 10.0 Å². The Labute approximate surface area is 102 Å². The van der Waals surface area contributed by atoms with Crippen LogP contribution < -0.4 is 10.5 Å². The molecular formula is C9H19N5O2S. The maximum Gasteiger partial charge on any atom is 0.246 e. The Kier molecular flexibility index (Phi) is 4.12. The van der Waals surface area contributed by atoms with Crippen molar-refractivity contribution in [1.82, 2.24) is 19.4 Å². The Balaban J connectivity index is 2.90. The number of aromatic nitrogens is 2. The zero-order valence-electron chi connectivity index (χ0n) is 10.6. The zero-order valence-corrected chi connectivity index (χ0v) is 11.4. The quantitative estimate of drug-likeness (QED) is 0.720. The first-order valence-electron chi connectivity index (χ1n) is 5.19. The molecule has 98 valence electrons. The predicted molar refractivity (Wildman–Crippen MR) is 66.1 cm³/mol. The van der Waals surface area contributed by atoms with Gasteiger partial charge < -0.3 is 10.6 Å². The second kappa shape index (κ2) is 5.03. The van der Waals surface area contributed by atoms with Crippen molar-refractivity contribution in [2.24, 2.45) is 7.05 Å². The van der Waals surface area contributed by atoms with E-state index in [1.165, 1.54) is 4.68 Å². The number of hydrogen-bond donors (Lipinski definition) is 2. The fourth-order valence-corrected chi connectivity index (χ4v) is 2.76. The lowest BCUT2D eigenvalue weighted by Crippen LogP contribution is -2.32. The number of nitrogens with zero attached hydrogens (tertiary/aromatic N) is 3. The Hall–Kier alpha value is -1.12. The lowest BCUT2D eigenvalue weighted by Gasteiger charge is -2.10. The highest BCUT2D eigenvalue weighted by atomic mass is 32.2. The van der Waals surface area contributed by atoms with Gasteiger partial charge in [-0.05, 0) is 21.0 Å². The first-order chi connectivity index (χ1) is 7.75. The summed E-state index contributed by atoms with van der Waals surface area (Å²) in [6.45, 7) is 2.63. The topological polar surface area (TPSA) is 93.2 Å².